The zero-order valence-electron chi connectivity index (χ0n) is 17.2. The monoisotopic (exact) mass is 497 g/mol. The molecule has 1 aromatic carbocycles. The van der Waals surface area contributed by atoms with E-state index in [4.69, 9.17) is 11.6 Å². The third-order valence-corrected chi connectivity index (χ3v) is 7.43. The predicted molar refractivity (Wildman–Crippen MR) is 117 cm³/mol. The average molecular weight is 498 g/mol. The van der Waals surface area contributed by atoms with Gasteiger partial charge in [0.25, 0.3) is 5.91 Å². The lowest BCUT2D eigenvalue weighted by Crippen LogP contribution is -2.61. The largest absolute Gasteiger partial charge is 0.504 e. The summed E-state index contributed by atoms with van der Waals surface area (Å²) in [6, 6.07) is 1.45. The van der Waals surface area contributed by atoms with E-state index >= 15 is 0 Å². The van der Waals surface area contributed by atoms with Crippen molar-refractivity contribution >= 4 is 53.4 Å². The summed E-state index contributed by atoms with van der Waals surface area (Å²) >= 11 is 7.02. The summed E-state index contributed by atoms with van der Waals surface area (Å²) in [5.74, 6) is -2.97. The van der Waals surface area contributed by atoms with Crippen LogP contribution in [0.25, 0.3) is 0 Å². The molecule has 0 saturated carbocycles. The number of carboxylic acids is 1. The normalized spacial score (nSPS) is 26.7. The minimum atomic E-state index is -1.09. The van der Waals surface area contributed by atoms with Crippen LogP contribution in [0, 0.1) is 0 Å². The van der Waals surface area contributed by atoms with Crippen molar-refractivity contribution in [3.63, 3.8) is 0 Å². The first-order chi connectivity index (χ1) is 15.6. The van der Waals surface area contributed by atoms with Gasteiger partial charge in [0.1, 0.15) is 11.4 Å². The van der Waals surface area contributed by atoms with E-state index in [-0.39, 0.29) is 47.4 Å². The quantitative estimate of drug-likeness (QED) is 0.253. The molecular weight excluding hydrogens is 478 g/mol. The zero-order chi connectivity index (χ0) is 24.0. The van der Waals surface area contributed by atoms with E-state index in [0.717, 1.165) is 22.8 Å². The maximum Gasteiger partial charge on any atom is 0.342 e. The number of urea groups is 1. The Morgan fingerprint density at radius 1 is 1.30 bits per heavy atom. The molecule has 3 fully saturated rings. The molecule has 3 saturated heterocycles. The molecule has 14 heteroatoms. The Labute approximate surface area is 196 Å². The van der Waals surface area contributed by atoms with Crippen molar-refractivity contribution in [2.45, 2.75) is 36.2 Å². The lowest BCUT2D eigenvalue weighted by Gasteiger charge is -2.42. The highest BCUT2D eigenvalue weighted by atomic mass is 35.5. The van der Waals surface area contributed by atoms with Crippen molar-refractivity contribution in [1.82, 2.24) is 20.1 Å². The van der Waals surface area contributed by atoms with Gasteiger partial charge in [-0.15, -0.1) is 11.8 Å². The van der Waals surface area contributed by atoms with Crippen LogP contribution in [0.3, 0.4) is 0 Å². The fourth-order valence-electron chi connectivity index (χ4n) is 4.00. The first kappa shape index (κ1) is 23.0. The summed E-state index contributed by atoms with van der Waals surface area (Å²) in [6.07, 6.45) is 0.659. The second-order valence-electron chi connectivity index (χ2n) is 7.69. The van der Waals surface area contributed by atoms with Crippen LogP contribution in [0.2, 0.25) is 5.02 Å². The number of benzene rings is 1. The number of carbonyl (C=O) groups is 4. The minimum Gasteiger partial charge on any atom is -0.504 e. The second kappa shape index (κ2) is 8.63. The molecule has 176 valence electrons. The lowest BCUT2D eigenvalue weighted by molar-refractivity contribution is -0.150. The van der Waals surface area contributed by atoms with E-state index in [9.17, 15) is 34.5 Å². The number of phenols is 2. The number of aromatic hydroxyl groups is 2. The van der Waals surface area contributed by atoms with Gasteiger partial charge in [0.15, 0.2) is 11.5 Å². The van der Waals surface area contributed by atoms with Gasteiger partial charge < -0.3 is 25.5 Å². The maximum absolute atomic E-state index is 13.0. The van der Waals surface area contributed by atoms with Crippen LogP contribution in [0.4, 0.5) is 4.79 Å². The van der Waals surface area contributed by atoms with Gasteiger partial charge in [-0.3, -0.25) is 19.3 Å². The van der Waals surface area contributed by atoms with Crippen LogP contribution in [-0.4, -0.2) is 96.1 Å². The molecule has 33 heavy (non-hydrogen) atoms. The summed E-state index contributed by atoms with van der Waals surface area (Å²) < 4.78 is 0. The summed E-state index contributed by atoms with van der Waals surface area (Å²) in [7, 11) is 0. The molecule has 3 aliphatic rings. The Hall–Kier alpha value is -3.19. The number of carboxylic acid groups (broad SMARTS) is 1. The van der Waals surface area contributed by atoms with Gasteiger partial charge in [0.2, 0.25) is 5.91 Å². The Balaban J connectivity index is 1.39. The van der Waals surface area contributed by atoms with E-state index in [1.807, 2.05) is 0 Å². The van der Waals surface area contributed by atoms with E-state index in [2.05, 4.69) is 10.4 Å². The molecule has 1 aromatic rings. The Bertz CT molecular complexity index is 1070. The van der Waals surface area contributed by atoms with Gasteiger partial charge in [0, 0.05) is 6.21 Å². The summed E-state index contributed by atoms with van der Waals surface area (Å²) in [5, 5.41) is 34.8. The van der Waals surface area contributed by atoms with Crippen LogP contribution >= 0.6 is 23.4 Å². The fourth-order valence-corrected chi connectivity index (χ4v) is 5.71. The number of hydrazone groups is 1. The van der Waals surface area contributed by atoms with Crippen molar-refractivity contribution in [3.8, 4) is 11.5 Å². The third kappa shape index (κ3) is 3.91. The molecule has 3 heterocycles. The van der Waals surface area contributed by atoms with Crippen LogP contribution in [-0.2, 0) is 9.59 Å². The third-order valence-electron chi connectivity index (χ3n) is 5.60. The minimum absolute atomic E-state index is 0.0513. The number of halogens is 1. The topological polar surface area (TPSA) is 163 Å². The molecule has 4 rings (SSSR count). The molecule has 0 radical (unpaired) electrons. The van der Waals surface area contributed by atoms with Crippen molar-refractivity contribution in [3.05, 3.63) is 22.7 Å². The molecule has 0 bridgehead atoms. The summed E-state index contributed by atoms with van der Waals surface area (Å²) in [6.45, 7) is 1.86. The van der Waals surface area contributed by atoms with E-state index < -0.39 is 40.8 Å². The number of β-lactam (4-membered cyclic amide) rings is 1. The van der Waals surface area contributed by atoms with E-state index in [1.54, 1.807) is 6.92 Å². The second-order valence-corrected chi connectivity index (χ2v) is 9.39. The standard InChI is InChI=1S/C19H20ClN5O7S/c1-8-7-23(22-5-4-21-16(29)9-2-3-10(26)14(28)13(9)20)19(32)24(8)17-15(18(30)31)33-12-6-11(27)25(12)17/h2-3,5,8,12,15,17,26,28H,4,6-7H2,1H3,(H,21,29)(H,30,31)/b22-5+/t8?,12?,15?,17-/m0/s1. The van der Waals surface area contributed by atoms with Crippen LogP contribution in [0.5, 0.6) is 11.5 Å². The number of aliphatic carboxylic acids is 1. The van der Waals surface area contributed by atoms with Gasteiger partial charge in [-0.2, -0.15) is 5.10 Å². The molecule has 0 spiro atoms. The molecule has 12 nitrogen and oxygen atoms in total. The van der Waals surface area contributed by atoms with Crippen molar-refractivity contribution < 1.29 is 34.5 Å². The van der Waals surface area contributed by atoms with E-state index in [1.165, 1.54) is 22.1 Å². The molecule has 3 unspecified atom stereocenters. The first-order valence-corrected chi connectivity index (χ1v) is 11.2. The SMILES string of the molecule is CC1CN(/N=C/CNC(=O)c2ccc(O)c(O)c2Cl)C(=O)N1[C@@H]1C(C(=O)O)SC2CC(=O)N21. The van der Waals surface area contributed by atoms with Gasteiger partial charge in [0.05, 0.1) is 41.5 Å². The molecule has 0 aliphatic carbocycles. The lowest BCUT2D eigenvalue weighted by atomic mass is 10.1. The number of nitrogens with one attached hydrogen (secondary N) is 1. The van der Waals surface area contributed by atoms with Crippen LogP contribution < -0.4 is 5.32 Å². The molecule has 4 N–H and O–H groups in total. The average Bonchev–Trinajstić information content (AvgIpc) is 3.21. The van der Waals surface area contributed by atoms with Gasteiger partial charge in [-0.25, -0.2) is 9.80 Å². The Morgan fingerprint density at radius 3 is 2.70 bits per heavy atom. The highest BCUT2D eigenvalue weighted by Gasteiger charge is 2.59. The Morgan fingerprint density at radius 2 is 2.03 bits per heavy atom. The number of hydrogen-bond acceptors (Lipinski definition) is 8. The van der Waals surface area contributed by atoms with Crippen molar-refractivity contribution in [2.24, 2.45) is 5.10 Å². The number of amides is 4. The van der Waals surface area contributed by atoms with Gasteiger partial charge in [-0.1, -0.05) is 11.6 Å². The van der Waals surface area contributed by atoms with E-state index in [0.29, 0.717) is 0 Å². The first-order valence-electron chi connectivity index (χ1n) is 9.92. The highest BCUT2D eigenvalue weighted by molar-refractivity contribution is 8.01. The number of nitrogens with zero attached hydrogens (tertiary/aromatic N) is 4. The number of hydrogen-bond donors (Lipinski definition) is 4. The summed E-state index contributed by atoms with van der Waals surface area (Å²) in [5.41, 5.74) is -0.0513. The molecule has 4 amide bonds. The predicted octanol–water partition coefficient (Wildman–Crippen LogP) is 0.677. The number of rotatable bonds is 6. The van der Waals surface area contributed by atoms with Crippen molar-refractivity contribution in [1.29, 1.82) is 0 Å². The molecule has 0 aromatic heterocycles. The number of carbonyl (C=O) groups excluding carboxylic acids is 3. The Kier molecular flexibility index (Phi) is 6.01. The molecule has 3 aliphatic heterocycles. The summed E-state index contributed by atoms with van der Waals surface area (Å²) in [4.78, 5) is 51.8. The van der Waals surface area contributed by atoms with Crippen LogP contribution in [0.15, 0.2) is 17.2 Å². The van der Waals surface area contributed by atoms with Gasteiger partial charge >= 0.3 is 12.0 Å². The number of thioether (sulfide) groups is 1. The number of phenolic OH excluding ortho intramolecular Hbond substituents is 2. The molecule has 4 atom stereocenters. The zero-order valence-corrected chi connectivity index (χ0v) is 18.8. The van der Waals surface area contributed by atoms with Gasteiger partial charge in [-0.05, 0) is 19.1 Å². The number of fused-ring (bicyclic) bond motifs is 1. The van der Waals surface area contributed by atoms with Crippen LogP contribution in [0.1, 0.15) is 23.7 Å². The molecular formula is C19H20ClN5O7S. The fraction of sp³-hybridized carbons (Fsp3) is 0.421. The smallest absolute Gasteiger partial charge is 0.342 e. The highest BCUT2D eigenvalue weighted by Crippen LogP contribution is 2.46. The maximum atomic E-state index is 13.0. The van der Waals surface area contributed by atoms with Crippen molar-refractivity contribution in [2.75, 3.05) is 13.1 Å².